The van der Waals surface area contributed by atoms with Crippen LogP contribution < -0.4 is 11.5 Å². The molecule has 0 saturated heterocycles. The van der Waals surface area contributed by atoms with Gasteiger partial charge in [-0.1, -0.05) is 0 Å². The maximum atomic E-state index is 11.1. The summed E-state index contributed by atoms with van der Waals surface area (Å²) in [5.41, 5.74) is 9.68. The van der Waals surface area contributed by atoms with E-state index in [1.165, 1.54) is 0 Å². The molecule has 0 aliphatic heterocycles. The van der Waals surface area contributed by atoms with Crippen molar-refractivity contribution in [1.82, 2.24) is 0 Å². The minimum absolute atomic E-state index is 2.25. The summed E-state index contributed by atoms with van der Waals surface area (Å²) in [7, 11) is -24.0. The lowest BCUT2D eigenvalue weighted by atomic mass is 10.4. The first-order valence-corrected chi connectivity index (χ1v) is 11.0. The van der Waals surface area contributed by atoms with E-state index in [-0.39, 0.29) is 0 Å². The molecule has 14 nitrogen and oxygen atoms in total. The maximum absolute atomic E-state index is 11.1. The first kappa shape index (κ1) is 21.5. The predicted molar refractivity (Wildman–Crippen MR) is 66.6 cm³/mol. The molecular weight excluding hydrogens is 380 g/mol. The molecule has 0 saturated carbocycles. The second kappa shape index (κ2) is 5.55. The zero-order valence-corrected chi connectivity index (χ0v) is 13.4. The Balaban J connectivity index is 6.43. The molecule has 0 aliphatic carbocycles. The van der Waals surface area contributed by atoms with Gasteiger partial charge in [-0.3, -0.25) is 18.3 Å². The molecule has 0 amide bonds. The first-order valence-electron chi connectivity index (χ1n) is 4.51. The highest BCUT2D eigenvalue weighted by Gasteiger charge is 2.68. The molecule has 0 aromatic carbocycles. The van der Waals surface area contributed by atoms with Crippen molar-refractivity contribution in [3.8, 4) is 0 Å². The second-order valence-corrected chi connectivity index (χ2v) is 12.4. The molecule has 0 bridgehead atoms. The third-order valence-electron chi connectivity index (χ3n) is 2.54. The summed E-state index contributed by atoms with van der Waals surface area (Å²) in [5.74, 6) is 0. The molecule has 0 fully saturated rings. The van der Waals surface area contributed by atoms with E-state index >= 15 is 0 Å². The molecule has 0 aromatic rings. The zero-order chi connectivity index (χ0) is 17.7. The van der Waals surface area contributed by atoms with Gasteiger partial charge in [0.05, 0.1) is 0 Å². The Labute approximate surface area is 116 Å². The number of hydrogen-bond acceptors (Lipinski definition) is 6. The van der Waals surface area contributed by atoms with E-state index in [0.717, 1.165) is 0 Å². The second-order valence-electron chi connectivity index (χ2n) is 4.11. The molecule has 0 unspecified atom stereocenters. The maximum Gasteiger partial charge on any atom is 0.357 e. The Bertz CT molecular complexity index is 494. The van der Waals surface area contributed by atoms with Crippen molar-refractivity contribution in [2.75, 3.05) is 0 Å². The van der Waals surface area contributed by atoms with E-state index in [9.17, 15) is 18.3 Å². The van der Waals surface area contributed by atoms with E-state index in [0.29, 0.717) is 0 Å². The van der Waals surface area contributed by atoms with Crippen LogP contribution in [0, 0.1) is 0 Å². The third kappa shape index (κ3) is 3.89. The van der Waals surface area contributed by atoms with Gasteiger partial charge in [0.25, 0.3) is 0 Å². The van der Waals surface area contributed by atoms with Crippen molar-refractivity contribution < 1.29 is 57.4 Å². The summed E-state index contributed by atoms with van der Waals surface area (Å²) in [5, 5.41) is -8.01. The molecule has 12 N–H and O–H groups in total. The minimum Gasteiger partial charge on any atom is -0.323 e. The Morgan fingerprint density at radius 1 is 0.571 bits per heavy atom. The van der Waals surface area contributed by atoms with Crippen LogP contribution in [0.3, 0.4) is 0 Å². The Morgan fingerprint density at radius 3 is 0.810 bits per heavy atom. The number of nitrogens with two attached hydrogens (primary N) is 2. The van der Waals surface area contributed by atoms with Crippen LogP contribution in [-0.2, 0) is 18.3 Å². The SMILES string of the molecule is NC(CC(N)(P(=O)(O)O)P(=O)(O)O)(P(=O)(O)O)P(=O)(O)O. The summed E-state index contributed by atoms with van der Waals surface area (Å²) in [6.07, 6.45) is -2.25. The average molecular weight is 394 g/mol. The fraction of sp³-hybridized carbons (Fsp3) is 1.00. The smallest absolute Gasteiger partial charge is 0.323 e. The van der Waals surface area contributed by atoms with Crippen molar-refractivity contribution in [2.45, 2.75) is 16.5 Å². The van der Waals surface area contributed by atoms with Gasteiger partial charge in [0.2, 0.25) is 10.0 Å². The van der Waals surface area contributed by atoms with Gasteiger partial charge in [-0.15, -0.1) is 0 Å². The molecule has 0 radical (unpaired) electrons. The molecule has 128 valence electrons. The molecule has 21 heavy (non-hydrogen) atoms. The summed E-state index contributed by atoms with van der Waals surface area (Å²) in [6.45, 7) is 0. The van der Waals surface area contributed by atoms with Crippen LogP contribution in [0.2, 0.25) is 0 Å². The van der Waals surface area contributed by atoms with Crippen molar-refractivity contribution in [3.05, 3.63) is 0 Å². The van der Waals surface area contributed by atoms with E-state index < -0.39 is 46.8 Å². The van der Waals surface area contributed by atoms with E-state index in [4.69, 9.17) is 50.6 Å². The first-order chi connectivity index (χ1) is 8.71. The minimum atomic E-state index is -6.00. The van der Waals surface area contributed by atoms with Crippen LogP contribution >= 0.6 is 30.4 Å². The summed E-state index contributed by atoms with van der Waals surface area (Å²) >= 11 is 0. The third-order valence-corrected chi connectivity index (χ3v) is 10.3. The lowest BCUT2D eigenvalue weighted by Gasteiger charge is -2.38. The van der Waals surface area contributed by atoms with Crippen LogP contribution in [0.5, 0.6) is 0 Å². The summed E-state index contributed by atoms with van der Waals surface area (Å²) < 4.78 is 44.6. The molecule has 0 aromatic heterocycles. The standard InChI is InChI=1S/C3H14N2O12P4/c4-2(18(6,7)8,19(9,10)11)1-3(5,20(12,13)14)21(15,16)17/h1,4-5H2,(H2,6,7,8)(H2,9,10,11)(H2,12,13,14)(H2,15,16,17). The monoisotopic (exact) mass is 394 g/mol. The van der Waals surface area contributed by atoms with E-state index in [1.54, 1.807) is 0 Å². The Kier molecular flexibility index (Phi) is 5.69. The average Bonchev–Trinajstić information content (AvgIpc) is 2.09. The highest BCUT2D eigenvalue weighted by molar-refractivity contribution is 7.74. The lowest BCUT2D eigenvalue weighted by Crippen LogP contribution is -2.51. The molecule has 0 rings (SSSR count). The highest BCUT2D eigenvalue weighted by Crippen LogP contribution is 2.75. The molecule has 0 aliphatic rings. The van der Waals surface area contributed by atoms with Gasteiger partial charge in [0, 0.05) is 6.42 Å². The van der Waals surface area contributed by atoms with Crippen molar-refractivity contribution >= 4 is 30.4 Å². The molecular formula is C3H14N2O12P4. The van der Waals surface area contributed by atoms with Crippen molar-refractivity contribution in [3.63, 3.8) is 0 Å². The van der Waals surface area contributed by atoms with Gasteiger partial charge in [-0.2, -0.15) is 0 Å². The van der Waals surface area contributed by atoms with E-state index in [2.05, 4.69) is 0 Å². The number of rotatable bonds is 6. The van der Waals surface area contributed by atoms with Gasteiger partial charge in [-0.05, 0) is 0 Å². The quantitative estimate of drug-likeness (QED) is 0.205. The Morgan fingerprint density at radius 2 is 0.714 bits per heavy atom. The van der Waals surface area contributed by atoms with Crippen LogP contribution in [0.1, 0.15) is 6.42 Å². The summed E-state index contributed by atoms with van der Waals surface area (Å²) in [4.78, 5) is 71.2. The van der Waals surface area contributed by atoms with E-state index in [1.807, 2.05) is 0 Å². The van der Waals surface area contributed by atoms with Gasteiger partial charge >= 0.3 is 30.4 Å². The predicted octanol–water partition coefficient (Wildman–Crippen LogP) is -2.69. The molecule has 0 atom stereocenters. The van der Waals surface area contributed by atoms with Gasteiger partial charge in [0.1, 0.15) is 0 Å². The molecule has 0 heterocycles. The molecule has 18 heteroatoms. The lowest BCUT2D eigenvalue weighted by molar-refractivity contribution is 0.273. The van der Waals surface area contributed by atoms with Crippen LogP contribution in [0.15, 0.2) is 0 Å². The fourth-order valence-corrected chi connectivity index (χ4v) is 6.17. The molecule has 0 spiro atoms. The normalized spacial score (nSPS) is 16.1. The van der Waals surface area contributed by atoms with Crippen molar-refractivity contribution in [1.29, 1.82) is 0 Å². The fourth-order valence-electron chi connectivity index (χ4n) is 1.13. The van der Waals surface area contributed by atoms with Crippen LogP contribution in [-0.4, -0.2) is 49.2 Å². The van der Waals surface area contributed by atoms with Crippen molar-refractivity contribution in [2.24, 2.45) is 11.5 Å². The highest BCUT2D eigenvalue weighted by atomic mass is 31.2. The van der Waals surface area contributed by atoms with Gasteiger partial charge in [-0.25, -0.2) is 0 Å². The Hall–Kier alpha value is 0.520. The largest absolute Gasteiger partial charge is 0.357 e. The topological polar surface area (TPSA) is 282 Å². The van der Waals surface area contributed by atoms with Gasteiger partial charge in [0.15, 0.2) is 0 Å². The summed E-state index contributed by atoms with van der Waals surface area (Å²) in [6, 6.07) is 0. The van der Waals surface area contributed by atoms with Crippen LogP contribution in [0.25, 0.3) is 0 Å². The van der Waals surface area contributed by atoms with Crippen LogP contribution in [0.4, 0.5) is 0 Å². The number of hydrogen-bond donors (Lipinski definition) is 10. The van der Waals surface area contributed by atoms with Gasteiger partial charge < -0.3 is 50.6 Å². The zero-order valence-electron chi connectivity index (χ0n) is 9.86.